The summed E-state index contributed by atoms with van der Waals surface area (Å²) in [6, 6.07) is 11.7. The molecule has 3 rings (SSSR count). The van der Waals surface area contributed by atoms with Crippen molar-refractivity contribution in [2.45, 2.75) is 45.7 Å². The lowest BCUT2D eigenvalue weighted by Crippen LogP contribution is -2.53. The highest BCUT2D eigenvalue weighted by molar-refractivity contribution is 5.97. The lowest BCUT2D eigenvalue weighted by atomic mass is 9.88. The molecule has 2 N–H and O–H groups in total. The molecule has 7 heteroatoms. The maximum Gasteiger partial charge on any atom is 0.251 e. The van der Waals surface area contributed by atoms with Crippen LogP contribution in [0, 0.1) is 11.8 Å². The highest BCUT2D eigenvalue weighted by atomic mass is 16.3. The largest absolute Gasteiger partial charge is 0.467 e. The first kappa shape index (κ1) is 22.6. The Balaban J connectivity index is 1.65. The summed E-state index contributed by atoms with van der Waals surface area (Å²) in [5, 5.41) is 5.80. The Labute approximate surface area is 183 Å². The van der Waals surface area contributed by atoms with Crippen LogP contribution in [0.2, 0.25) is 0 Å². The van der Waals surface area contributed by atoms with E-state index in [1.807, 2.05) is 24.8 Å². The average molecular weight is 426 g/mol. The van der Waals surface area contributed by atoms with Crippen LogP contribution in [-0.2, 0) is 16.1 Å². The molecule has 1 atom stereocenters. The number of carbonyl (C=O) groups is 3. The Morgan fingerprint density at radius 3 is 2.39 bits per heavy atom. The van der Waals surface area contributed by atoms with Crippen LogP contribution in [0.3, 0.4) is 0 Å². The second-order valence-electron chi connectivity index (χ2n) is 8.43. The second-order valence-corrected chi connectivity index (χ2v) is 8.43. The quantitative estimate of drug-likeness (QED) is 0.680. The molecule has 7 nitrogen and oxygen atoms in total. The predicted octanol–water partition coefficient (Wildman–Crippen LogP) is 2.98. The highest BCUT2D eigenvalue weighted by Crippen LogP contribution is 2.23. The summed E-state index contributed by atoms with van der Waals surface area (Å²) in [5.41, 5.74) is 0.510. The van der Waals surface area contributed by atoms with Gasteiger partial charge in [-0.3, -0.25) is 14.4 Å². The summed E-state index contributed by atoms with van der Waals surface area (Å²) >= 11 is 0. The summed E-state index contributed by atoms with van der Waals surface area (Å²) in [4.78, 5) is 40.0. The van der Waals surface area contributed by atoms with E-state index in [9.17, 15) is 14.4 Å². The number of furan rings is 1. The van der Waals surface area contributed by atoms with Crippen molar-refractivity contribution in [3.63, 3.8) is 0 Å². The van der Waals surface area contributed by atoms with Crippen molar-refractivity contribution in [3.05, 3.63) is 60.1 Å². The molecular formula is C24H31N3O4. The molecule has 31 heavy (non-hydrogen) atoms. The summed E-state index contributed by atoms with van der Waals surface area (Å²) in [7, 11) is 0. The highest BCUT2D eigenvalue weighted by Gasteiger charge is 2.34. The van der Waals surface area contributed by atoms with Crippen LogP contribution in [0.15, 0.2) is 53.1 Å². The maximum atomic E-state index is 13.0. The Bertz CT molecular complexity index is 856. The van der Waals surface area contributed by atoms with E-state index in [-0.39, 0.29) is 30.2 Å². The van der Waals surface area contributed by atoms with Gasteiger partial charge in [0.1, 0.15) is 11.8 Å². The van der Waals surface area contributed by atoms with Crippen molar-refractivity contribution < 1.29 is 18.8 Å². The van der Waals surface area contributed by atoms with E-state index in [4.69, 9.17) is 4.42 Å². The van der Waals surface area contributed by atoms with E-state index in [0.717, 1.165) is 0 Å². The third-order valence-corrected chi connectivity index (χ3v) is 5.57. The molecule has 3 amide bonds. The predicted molar refractivity (Wildman–Crippen MR) is 117 cm³/mol. The van der Waals surface area contributed by atoms with Gasteiger partial charge in [0.15, 0.2) is 0 Å². The van der Waals surface area contributed by atoms with E-state index in [2.05, 4.69) is 10.6 Å². The van der Waals surface area contributed by atoms with Gasteiger partial charge in [0, 0.05) is 25.1 Å². The zero-order valence-corrected chi connectivity index (χ0v) is 18.2. The smallest absolute Gasteiger partial charge is 0.251 e. The van der Waals surface area contributed by atoms with Gasteiger partial charge in [-0.1, -0.05) is 32.0 Å². The van der Waals surface area contributed by atoms with Crippen molar-refractivity contribution in [1.29, 1.82) is 0 Å². The molecular weight excluding hydrogens is 394 g/mol. The number of piperidine rings is 1. The van der Waals surface area contributed by atoms with Crippen molar-refractivity contribution in [2.24, 2.45) is 11.8 Å². The van der Waals surface area contributed by atoms with Crippen LogP contribution >= 0.6 is 0 Å². The van der Waals surface area contributed by atoms with E-state index >= 15 is 0 Å². The van der Waals surface area contributed by atoms with Gasteiger partial charge in [-0.25, -0.2) is 0 Å². The van der Waals surface area contributed by atoms with Crippen LogP contribution in [0.25, 0.3) is 0 Å². The number of likely N-dealkylation sites (tertiary alicyclic amines) is 1. The van der Waals surface area contributed by atoms with E-state index in [1.165, 1.54) is 0 Å². The third kappa shape index (κ3) is 6.44. The molecule has 1 fully saturated rings. The monoisotopic (exact) mass is 425 g/mol. The standard InChI is InChI=1S/C24H31N3O4/c1-17(2)15-21(28)27-12-10-18(11-13-27)22(24(30)25-16-20-9-6-14-31-20)26-23(29)19-7-4-3-5-8-19/h3-9,14,17-18,22H,10-13,15-16H2,1-2H3,(H,25,30)(H,26,29)/t22-/m0/s1. The van der Waals surface area contributed by atoms with Crippen molar-refractivity contribution in [3.8, 4) is 0 Å². The summed E-state index contributed by atoms with van der Waals surface area (Å²) in [6.45, 7) is 5.51. The number of rotatable bonds is 8. The number of amides is 3. The van der Waals surface area contributed by atoms with E-state index in [0.29, 0.717) is 49.6 Å². The Morgan fingerprint density at radius 1 is 1.06 bits per heavy atom. The van der Waals surface area contributed by atoms with Gasteiger partial charge in [0.05, 0.1) is 12.8 Å². The van der Waals surface area contributed by atoms with Crippen LogP contribution in [0.4, 0.5) is 0 Å². The van der Waals surface area contributed by atoms with Crippen molar-refractivity contribution in [1.82, 2.24) is 15.5 Å². The molecule has 1 aliphatic rings. The second kappa shape index (κ2) is 10.8. The van der Waals surface area contributed by atoms with Gasteiger partial charge < -0.3 is 20.0 Å². The molecule has 2 aromatic rings. The minimum absolute atomic E-state index is 0.0487. The lowest BCUT2D eigenvalue weighted by molar-refractivity contribution is -0.133. The lowest BCUT2D eigenvalue weighted by Gasteiger charge is -2.36. The van der Waals surface area contributed by atoms with Gasteiger partial charge in [-0.2, -0.15) is 0 Å². The summed E-state index contributed by atoms with van der Waals surface area (Å²) in [5.74, 6) is 0.545. The van der Waals surface area contributed by atoms with E-state index < -0.39 is 6.04 Å². The molecule has 1 aliphatic heterocycles. The van der Waals surface area contributed by atoms with Gasteiger partial charge >= 0.3 is 0 Å². The molecule has 0 spiro atoms. The molecule has 0 unspecified atom stereocenters. The normalized spacial score (nSPS) is 15.5. The van der Waals surface area contributed by atoms with Gasteiger partial charge in [0.25, 0.3) is 5.91 Å². The van der Waals surface area contributed by atoms with Crippen LogP contribution in [0.5, 0.6) is 0 Å². The van der Waals surface area contributed by atoms with Gasteiger partial charge in [-0.05, 0) is 48.9 Å². The number of hydrogen-bond acceptors (Lipinski definition) is 4. The Hall–Kier alpha value is -3.09. The van der Waals surface area contributed by atoms with Gasteiger partial charge in [0.2, 0.25) is 11.8 Å². The molecule has 0 bridgehead atoms. The molecule has 166 valence electrons. The first-order valence-corrected chi connectivity index (χ1v) is 10.9. The number of benzene rings is 1. The maximum absolute atomic E-state index is 13.0. The topological polar surface area (TPSA) is 91.7 Å². The minimum atomic E-state index is -0.676. The molecule has 0 aliphatic carbocycles. The number of nitrogens with one attached hydrogen (secondary N) is 2. The fourth-order valence-electron chi connectivity index (χ4n) is 3.87. The first-order valence-electron chi connectivity index (χ1n) is 10.9. The summed E-state index contributed by atoms with van der Waals surface area (Å²) < 4.78 is 5.29. The van der Waals surface area contributed by atoms with Crippen LogP contribution in [-0.4, -0.2) is 41.8 Å². The minimum Gasteiger partial charge on any atom is -0.467 e. The molecule has 0 radical (unpaired) electrons. The van der Waals surface area contributed by atoms with Gasteiger partial charge in [-0.15, -0.1) is 0 Å². The zero-order valence-electron chi connectivity index (χ0n) is 18.2. The molecule has 1 saturated heterocycles. The number of hydrogen-bond donors (Lipinski definition) is 2. The van der Waals surface area contributed by atoms with E-state index in [1.54, 1.807) is 42.7 Å². The fraction of sp³-hybridized carbons (Fsp3) is 0.458. The first-order chi connectivity index (χ1) is 14.9. The zero-order chi connectivity index (χ0) is 22.2. The molecule has 1 aromatic carbocycles. The van der Waals surface area contributed by atoms with Crippen LogP contribution < -0.4 is 10.6 Å². The Kier molecular flexibility index (Phi) is 7.87. The average Bonchev–Trinajstić information content (AvgIpc) is 3.29. The molecule has 2 heterocycles. The molecule has 0 saturated carbocycles. The van der Waals surface area contributed by atoms with Crippen molar-refractivity contribution in [2.75, 3.05) is 13.1 Å². The third-order valence-electron chi connectivity index (χ3n) is 5.57. The SMILES string of the molecule is CC(C)CC(=O)N1CCC([C@H](NC(=O)c2ccccc2)C(=O)NCc2ccco2)CC1. The number of nitrogens with zero attached hydrogens (tertiary/aromatic N) is 1. The molecule has 1 aromatic heterocycles. The fourth-order valence-corrected chi connectivity index (χ4v) is 3.87. The van der Waals surface area contributed by atoms with Crippen LogP contribution in [0.1, 0.15) is 49.2 Å². The van der Waals surface area contributed by atoms with Crippen molar-refractivity contribution >= 4 is 17.7 Å². The Morgan fingerprint density at radius 2 is 1.77 bits per heavy atom. The number of carbonyl (C=O) groups excluding carboxylic acids is 3. The summed E-state index contributed by atoms with van der Waals surface area (Å²) in [6.07, 6.45) is 3.41.